The molecule has 0 atom stereocenters. The lowest BCUT2D eigenvalue weighted by molar-refractivity contribution is -0.145. The zero-order valence-corrected chi connectivity index (χ0v) is 22.0. The van der Waals surface area contributed by atoms with Gasteiger partial charge in [-0.05, 0) is 80.3 Å². The highest BCUT2D eigenvalue weighted by atomic mass is 19.1. The summed E-state index contributed by atoms with van der Waals surface area (Å²) in [4.78, 5) is 50.4. The Morgan fingerprint density at radius 1 is 1.00 bits per heavy atom. The molecule has 3 amide bonds. The van der Waals surface area contributed by atoms with Crippen LogP contribution in [0.5, 0.6) is 0 Å². The third-order valence-electron chi connectivity index (χ3n) is 7.08. The summed E-state index contributed by atoms with van der Waals surface area (Å²) in [7, 11) is 0. The number of ether oxygens (including phenoxy) is 2. The fourth-order valence-corrected chi connectivity index (χ4v) is 5.07. The van der Waals surface area contributed by atoms with Gasteiger partial charge in [-0.1, -0.05) is 18.2 Å². The van der Waals surface area contributed by atoms with Crippen LogP contribution in [-0.4, -0.2) is 48.0 Å². The van der Waals surface area contributed by atoms with Crippen molar-refractivity contribution in [3.05, 3.63) is 59.4 Å². The quantitative estimate of drug-likeness (QED) is 0.341. The van der Waals surface area contributed by atoms with E-state index in [2.05, 4.69) is 10.6 Å². The second-order valence-corrected chi connectivity index (χ2v) is 9.97. The molecule has 2 aromatic carbocycles. The highest BCUT2D eigenvalue weighted by Crippen LogP contribution is 2.30. The Bertz CT molecular complexity index is 1210. The van der Waals surface area contributed by atoms with Gasteiger partial charge in [0.05, 0.1) is 12.3 Å². The van der Waals surface area contributed by atoms with Gasteiger partial charge in [0.25, 0.3) is 0 Å². The lowest BCUT2D eigenvalue weighted by Gasteiger charge is -2.32. The molecule has 1 aliphatic carbocycles. The monoisotopic (exact) mass is 539 g/mol. The van der Waals surface area contributed by atoms with Gasteiger partial charge in [0.2, 0.25) is 0 Å². The number of urea groups is 1. The van der Waals surface area contributed by atoms with Gasteiger partial charge in [0.1, 0.15) is 24.1 Å². The average Bonchev–Trinajstić information content (AvgIpc) is 2.91. The van der Waals surface area contributed by atoms with Gasteiger partial charge in [-0.2, -0.15) is 0 Å². The number of nitrogens with one attached hydrogen (secondary N) is 2. The van der Waals surface area contributed by atoms with Crippen LogP contribution in [0.2, 0.25) is 0 Å². The van der Waals surface area contributed by atoms with E-state index in [1.54, 1.807) is 30.0 Å². The number of Topliss-reactive ketones (excluding diaryl/α,β-unsaturated/α-hetero) is 1. The molecule has 39 heavy (non-hydrogen) atoms. The molecule has 1 aliphatic heterocycles. The first kappa shape index (κ1) is 28.1. The molecular weight excluding hydrogens is 505 g/mol. The van der Waals surface area contributed by atoms with Crippen molar-refractivity contribution >= 4 is 35.3 Å². The number of esters is 1. The molecule has 0 bridgehead atoms. The summed E-state index contributed by atoms with van der Waals surface area (Å²) in [6.45, 7) is 2.88. The van der Waals surface area contributed by atoms with Gasteiger partial charge in [-0.25, -0.2) is 14.0 Å². The minimum absolute atomic E-state index is 0.0955. The SMILES string of the molecule is CCOC(=O)CC(=O)CC1CCC(OC(=O)N2CCc3cc(NC(=O)Nc4ccccc4F)ccc3C2)CC1. The van der Waals surface area contributed by atoms with Crippen molar-refractivity contribution in [3.63, 3.8) is 0 Å². The number of hydrogen-bond acceptors (Lipinski definition) is 6. The van der Waals surface area contributed by atoms with Crippen molar-refractivity contribution in [1.29, 1.82) is 0 Å². The fourth-order valence-electron chi connectivity index (χ4n) is 5.07. The van der Waals surface area contributed by atoms with Crippen LogP contribution in [-0.2, 0) is 32.0 Å². The summed E-state index contributed by atoms with van der Waals surface area (Å²) in [5.41, 5.74) is 2.67. The summed E-state index contributed by atoms with van der Waals surface area (Å²) >= 11 is 0. The number of rotatable bonds is 8. The average molecular weight is 540 g/mol. The molecule has 1 heterocycles. The van der Waals surface area contributed by atoms with Gasteiger partial charge >= 0.3 is 18.1 Å². The molecule has 9 nitrogen and oxygen atoms in total. The Hall–Kier alpha value is -3.95. The maximum Gasteiger partial charge on any atom is 0.410 e. The van der Waals surface area contributed by atoms with Crippen LogP contribution in [0.4, 0.5) is 25.4 Å². The normalized spacial score (nSPS) is 18.5. The second-order valence-electron chi connectivity index (χ2n) is 9.97. The van der Waals surface area contributed by atoms with Crippen molar-refractivity contribution in [3.8, 4) is 0 Å². The Balaban J connectivity index is 1.21. The Morgan fingerprint density at radius 2 is 1.77 bits per heavy atom. The van der Waals surface area contributed by atoms with Crippen molar-refractivity contribution < 1.29 is 33.0 Å². The number of halogens is 1. The van der Waals surface area contributed by atoms with E-state index in [1.807, 2.05) is 12.1 Å². The van der Waals surface area contributed by atoms with Crippen LogP contribution in [0.3, 0.4) is 0 Å². The third-order valence-corrected chi connectivity index (χ3v) is 7.08. The van der Waals surface area contributed by atoms with Crippen LogP contribution in [0.15, 0.2) is 42.5 Å². The predicted molar refractivity (Wildman–Crippen MR) is 143 cm³/mol. The minimum Gasteiger partial charge on any atom is -0.466 e. The van der Waals surface area contributed by atoms with Crippen LogP contribution in [0.1, 0.15) is 56.6 Å². The molecule has 0 aromatic heterocycles. The number of carbonyl (C=O) groups is 4. The molecule has 0 saturated heterocycles. The Labute approximate surface area is 227 Å². The second kappa shape index (κ2) is 13.2. The first-order chi connectivity index (χ1) is 18.8. The van der Waals surface area contributed by atoms with Crippen molar-refractivity contribution in [2.75, 3.05) is 23.8 Å². The molecule has 4 rings (SSSR count). The van der Waals surface area contributed by atoms with Gasteiger partial charge < -0.3 is 25.0 Å². The largest absolute Gasteiger partial charge is 0.466 e. The summed E-state index contributed by atoms with van der Waals surface area (Å²) in [5, 5.41) is 5.21. The molecule has 2 aromatic rings. The van der Waals surface area contributed by atoms with Gasteiger partial charge in [0.15, 0.2) is 0 Å². The predicted octanol–water partition coefficient (Wildman–Crippen LogP) is 5.44. The maximum absolute atomic E-state index is 13.8. The van der Waals surface area contributed by atoms with Crippen molar-refractivity contribution in [2.45, 2.75) is 64.5 Å². The molecule has 208 valence electrons. The highest BCUT2D eigenvalue weighted by Gasteiger charge is 2.29. The number of nitrogens with zero attached hydrogens (tertiary/aromatic N) is 1. The fraction of sp³-hybridized carbons (Fsp3) is 0.448. The minimum atomic E-state index is -0.542. The zero-order chi connectivity index (χ0) is 27.8. The topological polar surface area (TPSA) is 114 Å². The number of para-hydroxylation sites is 1. The lowest BCUT2D eigenvalue weighted by atomic mass is 9.84. The first-order valence-corrected chi connectivity index (χ1v) is 13.4. The summed E-state index contributed by atoms with van der Waals surface area (Å²) in [6.07, 6.45) is 3.18. The molecule has 0 radical (unpaired) electrons. The van der Waals surface area contributed by atoms with E-state index in [0.29, 0.717) is 44.5 Å². The maximum atomic E-state index is 13.8. The molecule has 0 unspecified atom stereocenters. The Kier molecular flexibility index (Phi) is 9.51. The number of benzene rings is 2. The third kappa shape index (κ3) is 8.02. The van der Waals surface area contributed by atoms with E-state index in [0.717, 1.165) is 24.0 Å². The van der Waals surface area contributed by atoms with E-state index in [-0.39, 0.29) is 42.6 Å². The highest BCUT2D eigenvalue weighted by molar-refractivity contribution is 6.00. The molecule has 1 fully saturated rings. The number of carbonyl (C=O) groups excluding carboxylic acids is 4. The molecule has 0 spiro atoms. The zero-order valence-electron chi connectivity index (χ0n) is 22.0. The molecule has 2 N–H and O–H groups in total. The Morgan fingerprint density at radius 3 is 2.51 bits per heavy atom. The van der Waals surface area contributed by atoms with Gasteiger partial charge in [0, 0.05) is 25.2 Å². The van der Waals surface area contributed by atoms with E-state index in [1.165, 1.54) is 12.1 Å². The van der Waals surface area contributed by atoms with Gasteiger partial charge in [-0.3, -0.25) is 9.59 Å². The molecule has 10 heteroatoms. The number of ketones is 1. The van der Waals surface area contributed by atoms with Crippen LogP contribution >= 0.6 is 0 Å². The number of fused-ring (bicyclic) bond motifs is 1. The van der Waals surface area contributed by atoms with Crippen LogP contribution in [0.25, 0.3) is 0 Å². The van der Waals surface area contributed by atoms with E-state index in [4.69, 9.17) is 9.47 Å². The van der Waals surface area contributed by atoms with Crippen LogP contribution in [0, 0.1) is 11.7 Å². The van der Waals surface area contributed by atoms with Crippen molar-refractivity contribution in [2.24, 2.45) is 5.92 Å². The van der Waals surface area contributed by atoms with E-state index >= 15 is 0 Å². The van der Waals surface area contributed by atoms with E-state index in [9.17, 15) is 23.6 Å². The number of anilines is 2. The van der Waals surface area contributed by atoms with Gasteiger partial charge in [-0.15, -0.1) is 0 Å². The summed E-state index contributed by atoms with van der Waals surface area (Å²) < 4.78 is 24.4. The van der Waals surface area contributed by atoms with Crippen LogP contribution < -0.4 is 10.6 Å². The smallest absolute Gasteiger partial charge is 0.410 e. The van der Waals surface area contributed by atoms with Crippen molar-refractivity contribution in [1.82, 2.24) is 4.90 Å². The number of hydrogen-bond donors (Lipinski definition) is 2. The van der Waals surface area contributed by atoms with E-state index < -0.39 is 17.8 Å². The summed E-state index contributed by atoms with van der Waals surface area (Å²) in [6, 6.07) is 10.9. The lowest BCUT2D eigenvalue weighted by Crippen LogP contribution is -2.39. The molecule has 1 saturated carbocycles. The number of amides is 3. The first-order valence-electron chi connectivity index (χ1n) is 13.4. The summed E-state index contributed by atoms with van der Waals surface area (Å²) in [5.74, 6) is -0.907. The standard InChI is InChI=1S/C29H34FN3O6/c1-2-38-27(35)17-23(34)15-19-7-11-24(12-8-19)39-29(37)33-14-13-20-16-22(10-9-21(20)18-33)31-28(36)32-26-6-4-3-5-25(26)30/h3-6,9-10,16,19,24H,2,7-8,11-15,17-18H2,1H3,(H2,31,32,36). The molecule has 2 aliphatic rings. The molecular formula is C29H34FN3O6.